The van der Waals surface area contributed by atoms with Gasteiger partial charge in [0.25, 0.3) is 5.91 Å². The summed E-state index contributed by atoms with van der Waals surface area (Å²) >= 11 is 0. The fraction of sp³-hybridized carbons (Fsp3) is 0.400. The van der Waals surface area contributed by atoms with Crippen LogP contribution in [0.5, 0.6) is 5.75 Å². The first-order valence-electron chi connectivity index (χ1n) is 9.54. The molecule has 28 heavy (non-hydrogen) atoms. The summed E-state index contributed by atoms with van der Waals surface area (Å²) in [4.78, 5) is 34.3. The van der Waals surface area contributed by atoms with E-state index in [1.54, 1.807) is 18.5 Å². The van der Waals surface area contributed by atoms with Gasteiger partial charge in [-0.05, 0) is 25.5 Å². The van der Waals surface area contributed by atoms with E-state index in [0.29, 0.717) is 48.9 Å². The molecule has 3 heterocycles. The Kier molecular flexibility index (Phi) is 6.41. The molecule has 0 fully saturated rings. The van der Waals surface area contributed by atoms with E-state index in [1.165, 1.54) is 4.57 Å². The van der Waals surface area contributed by atoms with Crippen LogP contribution in [0.25, 0.3) is 0 Å². The summed E-state index contributed by atoms with van der Waals surface area (Å²) in [5.41, 5.74) is 1.92. The second kappa shape index (κ2) is 9.16. The Morgan fingerprint density at radius 3 is 3.00 bits per heavy atom. The van der Waals surface area contributed by atoms with Crippen molar-refractivity contribution in [2.45, 2.75) is 26.7 Å². The molecule has 0 aromatic carbocycles. The van der Waals surface area contributed by atoms with Crippen molar-refractivity contribution in [3.63, 3.8) is 0 Å². The summed E-state index contributed by atoms with van der Waals surface area (Å²) in [7, 11) is 0. The normalized spacial score (nSPS) is 13.6. The van der Waals surface area contributed by atoms with Gasteiger partial charge in [-0.15, -0.1) is 0 Å². The summed E-state index contributed by atoms with van der Waals surface area (Å²) in [6.07, 6.45) is 5.94. The van der Waals surface area contributed by atoms with Gasteiger partial charge in [0, 0.05) is 37.2 Å². The number of hydrogen-bond acceptors (Lipinski definition) is 6. The Bertz CT molecular complexity index is 922. The Morgan fingerprint density at radius 2 is 2.25 bits per heavy atom. The fourth-order valence-electron chi connectivity index (χ4n) is 2.99. The number of nitrogens with zero attached hydrogens (tertiary/aromatic N) is 4. The third-order valence-electron chi connectivity index (χ3n) is 4.43. The van der Waals surface area contributed by atoms with Gasteiger partial charge in [-0.2, -0.15) is 0 Å². The van der Waals surface area contributed by atoms with Gasteiger partial charge in [-0.25, -0.2) is 4.98 Å². The molecule has 1 aliphatic heterocycles. The highest BCUT2D eigenvalue weighted by Gasteiger charge is 2.23. The summed E-state index contributed by atoms with van der Waals surface area (Å²) < 4.78 is 7.18. The number of carbonyl (C=O) groups is 2. The molecule has 8 nitrogen and oxygen atoms in total. The molecule has 0 atom stereocenters. The van der Waals surface area contributed by atoms with Crippen LogP contribution < -0.4 is 20.4 Å². The van der Waals surface area contributed by atoms with E-state index in [0.717, 1.165) is 24.9 Å². The van der Waals surface area contributed by atoms with Crippen molar-refractivity contribution in [3.8, 4) is 5.75 Å². The highest BCUT2D eigenvalue weighted by Crippen LogP contribution is 2.34. The number of hydrogen-bond donors (Lipinski definition) is 1. The number of pyridine rings is 2. The quantitative estimate of drug-likeness (QED) is 0.583. The fourth-order valence-corrected chi connectivity index (χ4v) is 2.99. The molecule has 0 saturated carbocycles. The number of anilines is 2. The van der Waals surface area contributed by atoms with Gasteiger partial charge in [0.2, 0.25) is 6.41 Å². The van der Waals surface area contributed by atoms with Gasteiger partial charge >= 0.3 is 0 Å². The van der Waals surface area contributed by atoms with Gasteiger partial charge in [0.05, 0.1) is 12.1 Å². The minimum atomic E-state index is -0.153. The third kappa shape index (κ3) is 4.21. The van der Waals surface area contributed by atoms with Crippen LogP contribution in [0.15, 0.2) is 35.6 Å². The summed E-state index contributed by atoms with van der Waals surface area (Å²) in [6.45, 7) is 6.29. The molecule has 0 spiro atoms. The Morgan fingerprint density at radius 1 is 1.39 bits per heavy atom. The zero-order valence-electron chi connectivity index (χ0n) is 16.2. The molecule has 1 aliphatic rings. The van der Waals surface area contributed by atoms with Crippen molar-refractivity contribution in [1.29, 1.82) is 0 Å². The third-order valence-corrected chi connectivity index (χ3v) is 4.43. The summed E-state index contributed by atoms with van der Waals surface area (Å²) in [6, 6.07) is 5.41. The lowest BCUT2D eigenvalue weighted by atomic mass is 10.2. The lowest BCUT2D eigenvalue weighted by molar-refractivity contribution is 0.0952. The molecule has 8 heteroatoms. The number of nitrogens with one attached hydrogen (secondary N) is 1. The highest BCUT2D eigenvalue weighted by molar-refractivity contribution is 5.94. The predicted octanol–water partition coefficient (Wildman–Crippen LogP) is 1.90. The van der Waals surface area contributed by atoms with Crippen LogP contribution in [0, 0.1) is 0 Å². The Hall–Kier alpha value is -3.16. The molecular weight excluding hydrogens is 358 g/mol. The first-order valence-corrected chi connectivity index (χ1v) is 9.54. The van der Waals surface area contributed by atoms with Crippen molar-refractivity contribution in [2.75, 3.05) is 31.1 Å². The smallest absolute Gasteiger partial charge is 0.252 e. The van der Waals surface area contributed by atoms with Crippen molar-refractivity contribution < 1.29 is 14.3 Å². The van der Waals surface area contributed by atoms with E-state index in [-0.39, 0.29) is 5.91 Å². The minimum absolute atomic E-state index is 0.153. The molecule has 1 amide bonds. The van der Waals surface area contributed by atoms with Crippen LogP contribution >= 0.6 is 0 Å². The average Bonchev–Trinajstić information content (AvgIpc) is 2.73. The largest absolute Gasteiger partial charge is 0.488 e. The van der Waals surface area contributed by atoms with E-state index >= 15 is 0 Å². The van der Waals surface area contributed by atoms with E-state index in [2.05, 4.69) is 22.2 Å². The van der Waals surface area contributed by atoms with Gasteiger partial charge < -0.3 is 15.0 Å². The molecule has 3 rings (SSSR count). The molecule has 148 valence electrons. The molecule has 0 unspecified atom stereocenters. The molecular formula is C20H25N5O3. The van der Waals surface area contributed by atoms with E-state index in [1.807, 2.05) is 24.0 Å². The number of ether oxygens (including phenoxy) is 1. The maximum Gasteiger partial charge on any atom is 0.252 e. The van der Waals surface area contributed by atoms with Gasteiger partial charge in [0.15, 0.2) is 11.6 Å². The van der Waals surface area contributed by atoms with Gasteiger partial charge in [-0.3, -0.25) is 19.1 Å². The van der Waals surface area contributed by atoms with E-state index in [4.69, 9.17) is 4.74 Å². The first kappa shape index (κ1) is 19.6. The van der Waals surface area contributed by atoms with Crippen LogP contribution in [0.1, 0.15) is 37.0 Å². The van der Waals surface area contributed by atoms with Crippen molar-refractivity contribution >= 4 is 23.8 Å². The molecule has 2 aromatic rings. The Labute approximate surface area is 163 Å². The van der Waals surface area contributed by atoms with E-state index < -0.39 is 0 Å². The van der Waals surface area contributed by atoms with Crippen molar-refractivity contribution in [2.24, 2.45) is 4.99 Å². The lowest BCUT2D eigenvalue weighted by Crippen LogP contribution is -2.32. The van der Waals surface area contributed by atoms with Crippen molar-refractivity contribution in [1.82, 2.24) is 14.9 Å². The van der Waals surface area contributed by atoms with Crippen LogP contribution in [-0.4, -0.2) is 48.1 Å². The number of amides is 1. The zero-order chi connectivity index (χ0) is 19.9. The SMILES string of the molecule is CCCCNC(=O)c1cnc2c(c1)OCCN2c1ccn(C=O)c(=NCC)c1. The Balaban J connectivity index is 1.90. The summed E-state index contributed by atoms with van der Waals surface area (Å²) in [5, 5.41) is 2.89. The zero-order valence-corrected chi connectivity index (χ0v) is 16.2. The van der Waals surface area contributed by atoms with Gasteiger partial charge in [0.1, 0.15) is 12.1 Å². The first-order chi connectivity index (χ1) is 13.7. The molecule has 0 radical (unpaired) electrons. The van der Waals surface area contributed by atoms with Gasteiger partial charge in [-0.1, -0.05) is 13.3 Å². The molecule has 0 bridgehead atoms. The topological polar surface area (TPSA) is 88.8 Å². The second-order valence-corrected chi connectivity index (χ2v) is 6.39. The van der Waals surface area contributed by atoms with Crippen LogP contribution in [0.3, 0.4) is 0 Å². The van der Waals surface area contributed by atoms with E-state index in [9.17, 15) is 9.59 Å². The standard InChI is InChI=1S/C20H25N5O3/c1-3-5-7-22-20(27)15-11-17-19(23-13-15)25(9-10-28-17)16-6-8-24(14-26)18(12-16)21-4-2/h6,8,11-14H,3-5,7,9-10H2,1-2H3,(H,22,27). The van der Waals surface area contributed by atoms with Crippen molar-refractivity contribution in [3.05, 3.63) is 41.6 Å². The second-order valence-electron chi connectivity index (χ2n) is 6.39. The maximum atomic E-state index is 12.3. The highest BCUT2D eigenvalue weighted by atomic mass is 16.5. The number of unbranched alkanes of at least 4 members (excludes halogenated alkanes) is 1. The predicted molar refractivity (Wildman–Crippen MR) is 107 cm³/mol. The number of fused-ring (bicyclic) bond motifs is 1. The van der Waals surface area contributed by atoms with Crippen LogP contribution in [0.4, 0.5) is 11.5 Å². The number of aromatic nitrogens is 2. The molecule has 2 aromatic heterocycles. The maximum absolute atomic E-state index is 12.3. The molecule has 0 aliphatic carbocycles. The monoisotopic (exact) mass is 383 g/mol. The summed E-state index contributed by atoms with van der Waals surface area (Å²) in [5.74, 6) is 1.05. The lowest BCUT2D eigenvalue weighted by Gasteiger charge is -2.30. The number of carbonyl (C=O) groups excluding carboxylic acids is 2. The molecule has 1 N–H and O–H groups in total. The number of rotatable bonds is 7. The molecule has 0 saturated heterocycles. The van der Waals surface area contributed by atoms with Crippen LogP contribution in [-0.2, 0) is 4.79 Å². The van der Waals surface area contributed by atoms with Crippen LogP contribution in [0.2, 0.25) is 0 Å². The average molecular weight is 383 g/mol. The minimum Gasteiger partial charge on any atom is -0.488 e.